The highest BCUT2D eigenvalue weighted by molar-refractivity contribution is 7.26. The molecule has 0 fully saturated rings. The molecule has 1 N–H and O–H groups in total. The molecule has 0 radical (unpaired) electrons. The molecule has 0 amide bonds. The minimum absolute atomic E-state index is 0.0453. The summed E-state index contributed by atoms with van der Waals surface area (Å²) >= 11 is 1.73. The van der Waals surface area contributed by atoms with Gasteiger partial charge in [0.05, 0.1) is 13.7 Å². The second kappa shape index (κ2) is 8.44. The first-order valence-electron chi connectivity index (χ1n) is 17.1. The fraction of sp³-hybridized carbons (Fsp3) is 0. The Bertz CT molecular complexity index is 2550. The van der Waals surface area contributed by atoms with Crippen LogP contribution in [0.5, 0.6) is 0 Å². The fourth-order valence-corrected chi connectivity index (χ4v) is 6.37. The van der Waals surface area contributed by atoms with E-state index in [9.17, 15) is 0 Å². The van der Waals surface area contributed by atoms with Crippen LogP contribution in [0.4, 0.5) is 0 Å². The SMILES string of the molecule is [2H]c1c([2H])c([2H])c(-c2cc(-c3ccc4[nH]c5ccc6sc7ccccc7c6c5c4c3)cc(-c3c([2H])c([2H])c([2H])c([2H])c3[2H])c2)c([2H])c1[2H]. The maximum absolute atomic E-state index is 8.67. The highest BCUT2D eigenvalue weighted by atomic mass is 32.1. The highest BCUT2D eigenvalue weighted by Gasteiger charge is 2.15. The van der Waals surface area contributed by atoms with Crippen molar-refractivity contribution in [3.63, 3.8) is 0 Å². The molecule has 1 nitrogen and oxygen atoms in total. The number of rotatable bonds is 3. The Morgan fingerprint density at radius 3 is 1.82 bits per heavy atom. The average Bonchev–Trinajstić information content (AvgIpc) is 3.66. The third kappa shape index (κ3) is 3.38. The normalized spacial score (nSPS) is 15.4. The van der Waals surface area contributed by atoms with Gasteiger partial charge >= 0.3 is 0 Å². The Morgan fingerprint density at radius 2 is 1.11 bits per heavy atom. The molecule has 178 valence electrons. The van der Waals surface area contributed by atoms with E-state index in [1.165, 1.54) is 10.8 Å². The van der Waals surface area contributed by atoms with Gasteiger partial charge in [0, 0.05) is 42.0 Å². The lowest BCUT2D eigenvalue weighted by atomic mass is 9.92. The van der Waals surface area contributed by atoms with Crippen LogP contribution in [-0.2, 0) is 0 Å². The van der Waals surface area contributed by atoms with Crippen molar-refractivity contribution >= 4 is 53.3 Å². The van der Waals surface area contributed by atoms with Gasteiger partial charge in [0.15, 0.2) is 0 Å². The maximum Gasteiger partial charge on any atom is 0.0629 e. The molecule has 6 aromatic carbocycles. The largest absolute Gasteiger partial charge is 0.354 e. The zero-order chi connectivity index (χ0) is 33.8. The first-order valence-corrected chi connectivity index (χ1v) is 12.9. The number of aromatic nitrogens is 1. The molecule has 38 heavy (non-hydrogen) atoms. The molecule has 0 aliphatic heterocycles. The van der Waals surface area contributed by atoms with Crippen LogP contribution in [-0.4, -0.2) is 4.98 Å². The van der Waals surface area contributed by atoms with E-state index >= 15 is 0 Å². The monoisotopic (exact) mass is 511 g/mol. The zero-order valence-electron chi connectivity index (χ0n) is 29.8. The van der Waals surface area contributed by atoms with Crippen LogP contribution in [0.3, 0.4) is 0 Å². The van der Waals surface area contributed by atoms with Crippen molar-refractivity contribution in [1.29, 1.82) is 0 Å². The quantitative estimate of drug-likeness (QED) is 0.243. The summed E-state index contributed by atoms with van der Waals surface area (Å²) in [7, 11) is 0. The molecule has 0 aliphatic carbocycles. The van der Waals surface area contributed by atoms with Crippen molar-refractivity contribution in [2.24, 2.45) is 0 Å². The van der Waals surface area contributed by atoms with Crippen molar-refractivity contribution in [3.05, 3.63) is 133 Å². The van der Waals surface area contributed by atoms with Crippen LogP contribution >= 0.6 is 11.3 Å². The summed E-state index contributed by atoms with van der Waals surface area (Å²) in [5.74, 6) is 0. The highest BCUT2D eigenvalue weighted by Crippen LogP contribution is 2.42. The summed E-state index contributed by atoms with van der Waals surface area (Å²) in [6.45, 7) is 0. The third-order valence-electron chi connectivity index (χ3n) is 6.95. The lowest BCUT2D eigenvalue weighted by Gasteiger charge is -2.11. The van der Waals surface area contributed by atoms with Crippen molar-refractivity contribution in [3.8, 4) is 33.4 Å². The summed E-state index contributed by atoms with van der Waals surface area (Å²) in [5.41, 5.74) is 3.65. The van der Waals surface area contributed by atoms with Crippen molar-refractivity contribution in [2.75, 3.05) is 0 Å². The first-order chi connectivity index (χ1) is 23.0. The molecule has 0 aliphatic rings. The van der Waals surface area contributed by atoms with Crippen LogP contribution in [0.25, 0.3) is 75.4 Å². The average molecular weight is 512 g/mol. The van der Waals surface area contributed by atoms with Gasteiger partial charge in [-0.3, -0.25) is 0 Å². The molecule has 0 saturated heterocycles. The third-order valence-corrected chi connectivity index (χ3v) is 8.08. The van der Waals surface area contributed by atoms with Gasteiger partial charge in [0.25, 0.3) is 0 Å². The van der Waals surface area contributed by atoms with E-state index in [1.54, 1.807) is 23.5 Å². The van der Waals surface area contributed by atoms with Gasteiger partial charge in [-0.1, -0.05) is 84.7 Å². The van der Waals surface area contributed by atoms with Gasteiger partial charge in [0.1, 0.15) is 0 Å². The Morgan fingerprint density at radius 1 is 0.474 bits per heavy atom. The summed E-state index contributed by atoms with van der Waals surface area (Å²) in [6, 6.07) is 18.7. The first kappa shape index (κ1) is 13.8. The predicted molar refractivity (Wildman–Crippen MR) is 165 cm³/mol. The van der Waals surface area contributed by atoms with Crippen molar-refractivity contribution in [1.82, 2.24) is 4.98 Å². The van der Waals surface area contributed by atoms with Crippen LogP contribution in [0.15, 0.2) is 133 Å². The van der Waals surface area contributed by atoms with E-state index in [2.05, 4.69) is 29.2 Å². The van der Waals surface area contributed by atoms with Crippen LogP contribution in [0.1, 0.15) is 13.7 Å². The molecular weight excluding hydrogens is 478 g/mol. The molecule has 0 spiro atoms. The Balaban J connectivity index is 1.45. The molecule has 2 heterocycles. The maximum atomic E-state index is 8.67. The van der Waals surface area contributed by atoms with Gasteiger partial charge in [-0.2, -0.15) is 0 Å². The minimum Gasteiger partial charge on any atom is -0.354 e. The number of nitrogens with one attached hydrogen (secondary N) is 1. The zero-order valence-corrected chi connectivity index (χ0v) is 20.7. The molecule has 0 atom stereocenters. The standard InChI is InChI=1S/C36H23NS/c1-3-9-23(10-4-1)26-19-27(24-11-5-2-6-12-24)21-28(20-26)25-15-16-31-30(22-25)35-32(37-31)17-18-34-36(35)29-13-7-8-14-33(29)38-34/h1-22,37H/i1D,2D,3D,4D,5D,6D,9D,10D,11D,12D. The number of aromatic amines is 1. The van der Waals surface area contributed by atoms with Gasteiger partial charge in [-0.25, -0.2) is 0 Å². The molecule has 0 saturated carbocycles. The van der Waals surface area contributed by atoms with E-state index in [-0.39, 0.29) is 22.3 Å². The Labute approximate surface area is 238 Å². The number of hydrogen-bond donors (Lipinski definition) is 1. The van der Waals surface area contributed by atoms with Gasteiger partial charge < -0.3 is 4.98 Å². The molecule has 0 bridgehead atoms. The number of H-pyrrole nitrogens is 1. The minimum atomic E-state index is -0.521. The predicted octanol–water partition coefficient (Wildman–Crippen LogP) is 10.7. The van der Waals surface area contributed by atoms with E-state index in [1.807, 2.05) is 30.3 Å². The Kier molecular flexibility index (Phi) is 3.06. The summed E-state index contributed by atoms with van der Waals surface area (Å²) in [5, 5.41) is 4.33. The molecule has 2 aromatic heterocycles. The number of fused-ring (bicyclic) bond motifs is 7. The number of benzene rings is 6. The van der Waals surface area contributed by atoms with Gasteiger partial charge in [-0.05, 0) is 81.9 Å². The van der Waals surface area contributed by atoms with Crippen LogP contribution in [0, 0.1) is 0 Å². The molecular formula is C36H23NS. The Hall–Kier alpha value is -4.66. The summed E-state index contributed by atoms with van der Waals surface area (Å²) < 4.78 is 86.4. The van der Waals surface area contributed by atoms with E-state index in [4.69, 9.17) is 13.7 Å². The summed E-state index contributed by atoms with van der Waals surface area (Å²) in [4.78, 5) is 3.53. The van der Waals surface area contributed by atoms with E-state index in [0.29, 0.717) is 5.56 Å². The van der Waals surface area contributed by atoms with Gasteiger partial charge in [0.2, 0.25) is 0 Å². The van der Waals surface area contributed by atoms with Crippen LogP contribution in [0.2, 0.25) is 0 Å². The second-order valence-electron chi connectivity index (χ2n) is 9.14. The summed E-state index contributed by atoms with van der Waals surface area (Å²) in [6.07, 6.45) is 0. The van der Waals surface area contributed by atoms with Gasteiger partial charge in [-0.15, -0.1) is 11.3 Å². The molecule has 2 heteroatoms. The van der Waals surface area contributed by atoms with Crippen LogP contribution < -0.4 is 0 Å². The topological polar surface area (TPSA) is 15.8 Å². The molecule has 0 unspecified atom stereocenters. The number of hydrogen-bond acceptors (Lipinski definition) is 1. The van der Waals surface area contributed by atoms with Crippen molar-refractivity contribution < 1.29 is 13.7 Å². The second-order valence-corrected chi connectivity index (χ2v) is 10.2. The smallest absolute Gasteiger partial charge is 0.0629 e. The van der Waals surface area contributed by atoms with E-state index < -0.39 is 60.4 Å². The molecule has 8 rings (SSSR count). The number of thiophene rings is 1. The molecule has 8 aromatic rings. The fourth-order valence-electron chi connectivity index (χ4n) is 5.26. The lowest BCUT2D eigenvalue weighted by molar-refractivity contribution is 1.54. The van der Waals surface area contributed by atoms with Crippen molar-refractivity contribution in [2.45, 2.75) is 0 Å². The van der Waals surface area contributed by atoms with E-state index in [0.717, 1.165) is 42.8 Å². The lowest BCUT2D eigenvalue weighted by Crippen LogP contribution is -1.86.